The van der Waals surface area contributed by atoms with Crippen molar-refractivity contribution in [3.63, 3.8) is 0 Å². The predicted octanol–water partition coefficient (Wildman–Crippen LogP) is 4.24. The molecule has 1 heterocycles. The van der Waals surface area contributed by atoms with Gasteiger partial charge in [0.05, 0.1) is 6.61 Å². The second kappa shape index (κ2) is 8.59. The lowest BCUT2D eigenvalue weighted by Crippen LogP contribution is -2.23. The van der Waals surface area contributed by atoms with E-state index in [0.717, 1.165) is 34.0 Å². The Morgan fingerprint density at radius 2 is 1.85 bits per heavy atom. The molecule has 26 heavy (non-hydrogen) atoms. The summed E-state index contributed by atoms with van der Waals surface area (Å²) in [5, 5.41) is 5.33. The molecule has 134 valence electrons. The first-order chi connectivity index (χ1) is 12.7. The molecule has 0 aliphatic rings. The van der Waals surface area contributed by atoms with Gasteiger partial charge in [0.15, 0.2) is 0 Å². The number of ether oxygens (including phenoxy) is 1. The van der Waals surface area contributed by atoms with E-state index in [2.05, 4.69) is 16.4 Å². The van der Waals surface area contributed by atoms with Crippen LogP contribution in [0.15, 0.2) is 60.9 Å². The van der Waals surface area contributed by atoms with Gasteiger partial charge in [0.1, 0.15) is 0 Å². The number of nitrogens with one attached hydrogen (secondary N) is 1. The zero-order valence-electron chi connectivity index (χ0n) is 15.2. The number of hydrogen-bond acceptors (Lipinski definition) is 3. The Morgan fingerprint density at radius 1 is 1.08 bits per heavy atom. The van der Waals surface area contributed by atoms with Gasteiger partial charge in [0, 0.05) is 36.5 Å². The number of amides is 1. The Balaban J connectivity index is 1.72. The molecule has 0 spiro atoms. The van der Waals surface area contributed by atoms with Gasteiger partial charge in [-0.3, -0.25) is 9.78 Å². The van der Waals surface area contributed by atoms with Crippen molar-refractivity contribution in [1.82, 2.24) is 4.98 Å². The van der Waals surface area contributed by atoms with Crippen LogP contribution in [0.3, 0.4) is 0 Å². The third kappa shape index (κ3) is 4.27. The summed E-state index contributed by atoms with van der Waals surface area (Å²) in [6, 6.07) is 16.0. The minimum absolute atomic E-state index is 0.0165. The molecule has 1 amide bonds. The summed E-state index contributed by atoms with van der Waals surface area (Å²) in [6.45, 7) is 2.58. The highest BCUT2D eigenvalue weighted by Crippen LogP contribution is 2.22. The summed E-state index contributed by atoms with van der Waals surface area (Å²) in [4.78, 5) is 17.0. The number of carbonyl (C=O) groups excluding carboxylic acids is 1. The molecule has 1 aromatic heterocycles. The molecular formula is C22H24N2O2. The normalized spacial score (nSPS) is 12.1. The number of benzene rings is 2. The third-order valence-corrected chi connectivity index (χ3v) is 4.58. The van der Waals surface area contributed by atoms with Crippen LogP contribution in [0, 0.1) is 5.92 Å². The van der Waals surface area contributed by atoms with Crippen LogP contribution in [-0.2, 0) is 22.4 Å². The van der Waals surface area contributed by atoms with E-state index in [9.17, 15) is 4.79 Å². The largest absolute Gasteiger partial charge is 0.384 e. The third-order valence-electron chi connectivity index (χ3n) is 4.58. The summed E-state index contributed by atoms with van der Waals surface area (Å²) >= 11 is 0. The second-order valence-electron chi connectivity index (χ2n) is 6.51. The molecule has 0 aliphatic heterocycles. The lowest BCUT2D eigenvalue weighted by molar-refractivity contribution is -0.119. The van der Waals surface area contributed by atoms with E-state index >= 15 is 0 Å². The van der Waals surface area contributed by atoms with E-state index < -0.39 is 0 Å². The molecule has 0 unspecified atom stereocenters. The van der Waals surface area contributed by atoms with Crippen LogP contribution < -0.4 is 5.32 Å². The molecule has 0 aliphatic carbocycles. The monoisotopic (exact) mass is 348 g/mol. The fraction of sp³-hybridized carbons (Fsp3) is 0.273. The quantitative estimate of drug-likeness (QED) is 0.695. The number of rotatable bonds is 7. The minimum atomic E-state index is -0.155. The number of anilines is 1. The Labute approximate surface area is 154 Å². The van der Waals surface area contributed by atoms with E-state index in [4.69, 9.17) is 4.74 Å². The SMILES string of the molecule is COCCc1ccccc1NC(=O)[C@@H](C)Cc1cncc2ccccc12. The van der Waals surface area contributed by atoms with Gasteiger partial charge in [0.2, 0.25) is 5.91 Å². The first-order valence-corrected chi connectivity index (χ1v) is 8.88. The Hall–Kier alpha value is -2.72. The van der Waals surface area contributed by atoms with E-state index in [1.165, 1.54) is 0 Å². The maximum absolute atomic E-state index is 12.7. The van der Waals surface area contributed by atoms with Gasteiger partial charge in [-0.05, 0) is 35.4 Å². The van der Waals surface area contributed by atoms with Crippen LogP contribution in [0.5, 0.6) is 0 Å². The summed E-state index contributed by atoms with van der Waals surface area (Å²) < 4.78 is 5.15. The number of hydrogen-bond donors (Lipinski definition) is 1. The molecule has 3 rings (SSSR count). The molecule has 1 N–H and O–H groups in total. The summed E-state index contributed by atoms with van der Waals surface area (Å²) in [6.07, 6.45) is 5.14. The summed E-state index contributed by atoms with van der Waals surface area (Å²) in [5.41, 5.74) is 3.04. The van der Waals surface area contributed by atoms with Crippen LogP contribution in [0.4, 0.5) is 5.69 Å². The Bertz CT molecular complexity index is 887. The first-order valence-electron chi connectivity index (χ1n) is 8.88. The minimum Gasteiger partial charge on any atom is -0.384 e. The van der Waals surface area contributed by atoms with Crippen molar-refractivity contribution in [3.05, 3.63) is 72.1 Å². The van der Waals surface area contributed by atoms with Gasteiger partial charge in [-0.25, -0.2) is 0 Å². The number of para-hydroxylation sites is 1. The van der Waals surface area contributed by atoms with Crippen molar-refractivity contribution in [2.75, 3.05) is 19.0 Å². The molecule has 4 nitrogen and oxygen atoms in total. The van der Waals surface area contributed by atoms with Crippen LogP contribution in [0.1, 0.15) is 18.1 Å². The topological polar surface area (TPSA) is 51.2 Å². The van der Waals surface area contributed by atoms with Crippen LogP contribution in [0.2, 0.25) is 0 Å². The molecule has 0 saturated heterocycles. The molecule has 3 aromatic rings. The maximum atomic E-state index is 12.7. The standard InChI is InChI=1S/C22H24N2O2/c1-16(13-19-15-23-14-18-8-3-5-9-20(18)19)22(25)24-21-10-6-4-7-17(21)11-12-26-2/h3-10,14-16H,11-13H2,1-2H3,(H,24,25)/t16-/m0/s1. The molecule has 0 radical (unpaired) electrons. The number of pyridine rings is 1. The lowest BCUT2D eigenvalue weighted by atomic mass is 9.97. The molecular weight excluding hydrogens is 324 g/mol. The Morgan fingerprint density at radius 3 is 2.69 bits per heavy atom. The van der Waals surface area contributed by atoms with Crippen LogP contribution >= 0.6 is 0 Å². The predicted molar refractivity (Wildman–Crippen MR) is 105 cm³/mol. The van der Waals surface area contributed by atoms with E-state index in [-0.39, 0.29) is 11.8 Å². The van der Waals surface area contributed by atoms with Crippen molar-refractivity contribution >= 4 is 22.4 Å². The molecule has 0 saturated carbocycles. The van der Waals surface area contributed by atoms with Gasteiger partial charge >= 0.3 is 0 Å². The zero-order chi connectivity index (χ0) is 18.4. The lowest BCUT2D eigenvalue weighted by Gasteiger charge is -2.16. The number of carbonyl (C=O) groups is 1. The van der Waals surface area contributed by atoms with Crippen molar-refractivity contribution < 1.29 is 9.53 Å². The fourth-order valence-corrected chi connectivity index (χ4v) is 3.09. The highest BCUT2D eigenvalue weighted by molar-refractivity contribution is 5.94. The van der Waals surface area contributed by atoms with Crippen molar-refractivity contribution in [2.24, 2.45) is 5.92 Å². The van der Waals surface area contributed by atoms with Crippen molar-refractivity contribution in [2.45, 2.75) is 19.8 Å². The molecule has 0 fully saturated rings. The molecule has 2 aromatic carbocycles. The molecule has 1 atom stereocenters. The summed E-state index contributed by atoms with van der Waals surface area (Å²) in [7, 11) is 1.68. The smallest absolute Gasteiger partial charge is 0.227 e. The van der Waals surface area contributed by atoms with E-state index in [1.54, 1.807) is 7.11 Å². The van der Waals surface area contributed by atoms with Gasteiger partial charge < -0.3 is 10.1 Å². The van der Waals surface area contributed by atoms with Gasteiger partial charge in [-0.1, -0.05) is 49.4 Å². The van der Waals surface area contributed by atoms with Gasteiger partial charge in [-0.15, -0.1) is 0 Å². The molecule has 0 bridgehead atoms. The number of fused-ring (bicyclic) bond motifs is 1. The zero-order valence-corrected chi connectivity index (χ0v) is 15.2. The summed E-state index contributed by atoms with van der Waals surface area (Å²) in [5.74, 6) is -0.138. The van der Waals surface area contributed by atoms with Gasteiger partial charge in [0.25, 0.3) is 0 Å². The van der Waals surface area contributed by atoms with Gasteiger partial charge in [-0.2, -0.15) is 0 Å². The first kappa shape index (κ1) is 18.1. The number of nitrogens with zero attached hydrogens (tertiary/aromatic N) is 1. The Kier molecular flexibility index (Phi) is 5.97. The van der Waals surface area contributed by atoms with Crippen LogP contribution in [-0.4, -0.2) is 24.6 Å². The fourth-order valence-electron chi connectivity index (χ4n) is 3.09. The highest BCUT2D eigenvalue weighted by atomic mass is 16.5. The number of methoxy groups -OCH3 is 1. The number of aromatic nitrogens is 1. The van der Waals surface area contributed by atoms with Crippen molar-refractivity contribution in [3.8, 4) is 0 Å². The molecule has 4 heteroatoms. The average molecular weight is 348 g/mol. The van der Waals surface area contributed by atoms with E-state index in [1.807, 2.05) is 61.8 Å². The van der Waals surface area contributed by atoms with E-state index in [0.29, 0.717) is 13.0 Å². The second-order valence-corrected chi connectivity index (χ2v) is 6.51. The average Bonchev–Trinajstić information content (AvgIpc) is 2.67. The maximum Gasteiger partial charge on any atom is 0.227 e. The van der Waals surface area contributed by atoms with Crippen molar-refractivity contribution in [1.29, 1.82) is 0 Å². The van der Waals surface area contributed by atoms with Crippen LogP contribution in [0.25, 0.3) is 10.8 Å². The highest BCUT2D eigenvalue weighted by Gasteiger charge is 2.16.